The molecule has 4 nitrogen and oxygen atoms in total. The lowest BCUT2D eigenvalue weighted by Crippen LogP contribution is -2.40. The van der Waals surface area contributed by atoms with Crippen LogP contribution < -0.4 is 0 Å². The second kappa shape index (κ2) is 7.97. The maximum Gasteiger partial charge on any atom is 0.252 e. The van der Waals surface area contributed by atoms with Gasteiger partial charge in [-0.1, -0.05) is 41.9 Å². The molecule has 3 rings (SSSR count). The van der Waals surface area contributed by atoms with Crippen LogP contribution in [0.5, 0.6) is 0 Å². The molecule has 0 spiro atoms. The Morgan fingerprint density at radius 2 is 2.00 bits per heavy atom. The zero-order chi connectivity index (χ0) is 17.0. The van der Waals surface area contributed by atoms with Crippen LogP contribution in [0.4, 0.5) is 0 Å². The first kappa shape index (κ1) is 17.9. The van der Waals surface area contributed by atoms with Crippen molar-refractivity contribution in [2.24, 2.45) is 5.92 Å². The van der Waals surface area contributed by atoms with E-state index >= 15 is 0 Å². The molecule has 2 aromatic rings. The molecule has 0 bridgehead atoms. The van der Waals surface area contributed by atoms with Gasteiger partial charge in [0.2, 0.25) is 0 Å². The highest BCUT2D eigenvalue weighted by molar-refractivity contribution is 7.91. The average molecular weight is 386 g/mol. The molecule has 1 aromatic heterocycles. The van der Waals surface area contributed by atoms with E-state index in [0.717, 1.165) is 29.7 Å². The highest BCUT2D eigenvalue weighted by Crippen LogP contribution is 2.30. The van der Waals surface area contributed by atoms with Gasteiger partial charge in [0.1, 0.15) is 4.21 Å². The molecule has 0 unspecified atom stereocenters. The molecule has 1 atom stereocenters. The summed E-state index contributed by atoms with van der Waals surface area (Å²) in [6.45, 7) is 2.20. The number of hydrogen-bond donors (Lipinski definition) is 0. The van der Waals surface area contributed by atoms with Crippen molar-refractivity contribution in [1.82, 2.24) is 4.31 Å². The second-order valence-corrected chi connectivity index (χ2v) is 9.81. The van der Waals surface area contributed by atoms with Gasteiger partial charge in [-0.25, -0.2) is 8.42 Å². The fourth-order valence-electron chi connectivity index (χ4n) is 2.86. The molecule has 0 radical (unpaired) electrons. The van der Waals surface area contributed by atoms with Crippen LogP contribution in [0.1, 0.15) is 18.4 Å². The Hall–Kier alpha value is -0.920. The summed E-state index contributed by atoms with van der Waals surface area (Å²) in [4.78, 5) is 0. The van der Waals surface area contributed by atoms with Crippen molar-refractivity contribution >= 4 is 33.0 Å². The van der Waals surface area contributed by atoms with E-state index < -0.39 is 10.0 Å². The molecule has 1 saturated heterocycles. The third-order valence-electron chi connectivity index (χ3n) is 4.09. The fraction of sp³-hybridized carbons (Fsp3) is 0.412. The number of halogens is 1. The number of benzene rings is 1. The topological polar surface area (TPSA) is 46.6 Å². The van der Waals surface area contributed by atoms with Crippen LogP contribution in [-0.4, -0.2) is 32.4 Å². The molecule has 1 aliphatic heterocycles. The number of nitrogens with zero attached hydrogens (tertiary/aromatic N) is 1. The van der Waals surface area contributed by atoms with E-state index in [4.69, 9.17) is 16.3 Å². The number of hydrogen-bond acceptors (Lipinski definition) is 4. The predicted octanol–water partition coefficient (Wildman–Crippen LogP) is 4.02. The van der Waals surface area contributed by atoms with Gasteiger partial charge in [0, 0.05) is 13.1 Å². The van der Waals surface area contributed by atoms with Crippen LogP contribution in [0.15, 0.2) is 46.7 Å². The molecule has 130 valence electrons. The van der Waals surface area contributed by atoms with Crippen LogP contribution in [0, 0.1) is 5.92 Å². The Balaban J connectivity index is 1.56. The lowest BCUT2D eigenvalue weighted by atomic mass is 10.0. The van der Waals surface area contributed by atoms with Crippen molar-refractivity contribution in [3.8, 4) is 0 Å². The second-order valence-electron chi connectivity index (χ2n) is 5.93. The minimum Gasteiger partial charge on any atom is -0.376 e. The highest BCUT2D eigenvalue weighted by Gasteiger charge is 2.31. The molecule has 0 amide bonds. The molecule has 0 N–H and O–H groups in total. The lowest BCUT2D eigenvalue weighted by molar-refractivity contribution is 0.0672. The SMILES string of the molecule is O=S(=O)(c1ccc(Cl)s1)N1CCC[C@H](COCc2ccccc2)C1. The Kier molecular flexibility index (Phi) is 5.94. The number of thiophene rings is 1. The Labute approximate surface area is 152 Å². The zero-order valence-corrected chi connectivity index (χ0v) is 15.6. The van der Waals surface area contributed by atoms with Gasteiger partial charge in [-0.3, -0.25) is 0 Å². The Morgan fingerprint density at radius 1 is 1.21 bits per heavy atom. The summed E-state index contributed by atoms with van der Waals surface area (Å²) in [5.41, 5.74) is 1.13. The largest absolute Gasteiger partial charge is 0.376 e. The molecular formula is C17H20ClNO3S2. The quantitative estimate of drug-likeness (QED) is 0.754. The first-order valence-electron chi connectivity index (χ1n) is 7.93. The first-order valence-corrected chi connectivity index (χ1v) is 10.6. The highest BCUT2D eigenvalue weighted by atomic mass is 35.5. The van der Waals surface area contributed by atoms with Crippen molar-refractivity contribution in [2.45, 2.75) is 23.7 Å². The average Bonchev–Trinajstić information content (AvgIpc) is 3.03. The van der Waals surface area contributed by atoms with Gasteiger partial charge in [-0.15, -0.1) is 11.3 Å². The number of piperidine rings is 1. The van der Waals surface area contributed by atoms with E-state index in [2.05, 4.69) is 0 Å². The normalized spacial score (nSPS) is 19.5. The van der Waals surface area contributed by atoms with Crippen LogP contribution in [0.3, 0.4) is 0 Å². The third kappa shape index (κ3) is 4.37. The Morgan fingerprint density at radius 3 is 2.71 bits per heavy atom. The molecule has 1 aromatic carbocycles. The van der Waals surface area contributed by atoms with Crippen LogP contribution >= 0.6 is 22.9 Å². The van der Waals surface area contributed by atoms with Crippen molar-refractivity contribution in [2.75, 3.05) is 19.7 Å². The molecule has 7 heteroatoms. The number of sulfonamides is 1. The molecular weight excluding hydrogens is 366 g/mol. The van der Waals surface area contributed by atoms with Crippen molar-refractivity contribution < 1.29 is 13.2 Å². The van der Waals surface area contributed by atoms with E-state index in [-0.39, 0.29) is 5.92 Å². The maximum absolute atomic E-state index is 12.7. The third-order valence-corrected chi connectivity index (χ3v) is 7.65. The maximum atomic E-state index is 12.7. The molecule has 1 aliphatic rings. The van der Waals surface area contributed by atoms with Gasteiger partial charge in [0.15, 0.2) is 0 Å². The van der Waals surface area contributed by atoms with Crippen molar-refractivity contribution in [1.29, 1.82) is 0 Å². The summed E-state index contributed by atoms with van der Waals surface area (Å²) < 4.78 is 33.5. The van der Waals surface area contributed by atoms with Gasteiger partial charge in [-0.2, -0.15) is 4.31 Å². The summed E-state index contributed by atoms with van der Waals surface area (Å²) in [6, 6.07) is 13.2. The van der Waals surface area contributed by atoms with E-state index in [1.54, 1.807) is 16.4 Å². The fourth-order valence-corrected chi connectivity index (χ4v) is 6.05. The number of ether oxygens (including phenoxy) is 1. The summed E-state index contributed by atoms with van der Waals surface area (Å²) in [5, 5.41) is 0. The van der Waals surface area contributed by atoms with Gasteiger partial charge < -0.3 is 4.74 Å². The zero-order valence-electron chi connectivity index (χ0n) is 13.2. The van der Waals surface area contributed by atoms with Crippen LogP contribution in [0.25, 0.3) is 0 Å². The van der Waals surface area contributed by atoms with Gasteiger partial charge in [0.25, 0.3) is 10.0 Å². The molecule has 0 saturated carbocycles. The molecule has 1 fully saturated rings. The van der Waals surface area contributed by atoms with E-state index in [0.29, 0.717) is 34.8 Å². The minimum absolute atomic E-state index is 0.229. The van der Waals surface area contributed by atoms with Crippen LogP contribution in [-0.2, 0) is 21.4 Å². The van der Waals surface area contributed by atoms with E-state index in [1.165, 1.54) is 0 Å². The Bertz CT molecular complexity index is 761. The lowest BCUT2D eigenvalue weighted by Gasteiger charge is -2.31. The molecule has 2 heterocycles. The predicted molar refractivity (Wildman–Crippen MR) is 96.9 cm³/mol. The van der Waals surface area contributed by atoms with Crippen molar-refractivity contribution in [3.63, 3.8) is 0 Å². The van der Waals surface area contributed by atoms with Crippen LogP contribution in [0.2, 0.25) is 4.34 Å². The van der Waals surface area contributed by atoms with Gasteiger partial charge >= 0.3 is 0 Å². The number of rotatable bonds is 6. The summed E-state index contributed by atoms with van der Waals surface area (Å²) >= 11 is 6.99. The summed E-state index contributed by atoms with van der Waals surface area (Å²) in [5.74, 6) is 0.229. The van der Waals surface area contributed by atoms with Gasteiger partial charge in [-0.05, 0) is 36.5 Å². The summed E-state index contributed by atoms with van der Waals surface area (Å²) in [6.07, 6.45) is 1.85. The van der Waals surface area contributed by atoms with Gasteiger partial charge in [0.05, 0.1) is 17.6 Å². The molecule has 0 aliphatic carbocycles. The molecule has 24 heavy (non-hydrogen) atoms. The van der Waals surface area contributed by atoms with E-state index in [9.17, 15) is 8.42 Å². The minimum atomic E-state index is -3.44. The summed E-state index contributed by atoms with van der Waals surface area (Å²) in [7, 11) is -3.44. The smallest absolute Gasteiger partial charge is 0.252 e. The van der Waals surface area contributed by atoms with Crippen molar-refractivity contribution in [3.05, 3.63) is 52.4 Å². The monoisotopic (exact) mass is 385 g/mol. The van der Waals surface area contributed by atoms with E-state index in [1.807, 2.05) is 30.3 Å². The first-order chi connectivity index (χ1) is 11.6. The standard InChI is InChI=1S/C17H20ClNO3S2/c18-16-8-9-17(23-16)24(20,21)19-10-4-7-15(11-19)13-22-12-14-5-2-1-3-6-14/h1-3,5-6,8-9,15H,4,7,10-13H2/t15-/m0/s1.